The topological polar surface area (TPSA) is 62.6 Å². The average Bonchev–Trinajstić information content (AvgIpc) is 2.99. The summed E-state index contributed by atoms with van der Waals surface area (Å²) in [5.74, 6) is 0.410. The molecule has 2 rings (SSSR count). The molecular weight excluding hydrogens is 304 g/mol. The van der Waals surface area contributed by atoms with Crippen LogP contribution in [0.5, 0.6) is 0 Å². The van der Waals surface area contributed by atoms with Gasteiger partial charge in [0.15, 0.2) is 0 Å². The van der Waals surface area contributed by atoms with Gasteiger partial charge in [0.25, 0.3) is 5.91 Å². The number of amides is 2. The van der Waals surface area contributed by atoms with Crippen molar-refractivity contribution in [2.24, 2.45) is 0 Å². The summed E-state index contributed by atoms with van der Waals surface area (Å²) in [4.78, 5) is 26.4. The van der Waals surface area contributed by atoms with Crippen molar-refractivity contribution in [3.05, 3.63) is 53.5 Å². The number of carbonyl (C=O) groups excluding carboxylic acids is 2. The molecule has 128 valence electrons. The number of aryl methyl sites for hydroxylation is 2. The van der Waals surface area contributed by atoms with Crippen LogP contribution in [-0.4, -0.2) is 29.8 Å². The van der Waals surface area contributed by atoms with Crippen LogP contribution in [-0.2, 0) is 4.79 Å². The number of furan rings is 1. The van der Waals surface area contributed by atoms with Crippen molar-refractivity contribution in [2.45, 2.75) is 33.6 Å². The first-order chi connectivity index (χ1) is 11.5. The first-order valence-corrected chi connectivity index (χ1v) is 8.21. The second-order valence-electron chi connectivity index (χ2n) is 5.85. The van der Waals surface area contributed by atoms with Gasteiger partial charge in [-0.25, -0.2) is 0 Å². The molecule has 5 nitrogen and oxygen atoms in total. The Bertz CT molecular complexity index is 689. The van der Waals surface area contributed by atoms with E-state index in [2.05, 4.69) is 5.32 Å². The third-order valence-electron chi connectivity index (χ3n) is 3.81. The number of hydrogen-bond donors (Lipinski definition) is 1. The first kappa shape index (κ1) is 17.8. The van der Waals surface area contributed by atoms with E-state index >= 15 is 0 Å². The molecule has 1 aromatic heterocycles. The SMILES string of the molecule is CCCN(CCC(=O)Nc1ccc(C)cc1)C(=O)c1ccoc1C. The van der Waals surface area contributed by atoms with Crippen LogP contribution >= 0.6 is 0 Å². The van der Waals surface area contributed by atoms with Crippen molar-refractivity contribution >= 4 is 17.5 Å². The minimum atomic E-state index is -0.100. The number of hydrogen-bond acceptors (Lipinski definition) is 3. The predicted molar refractivity (Wildman–Crippen MR) is 94.1 cm³/mol. The summed E-state index contributed by atoms with van der Waals surface area (Å²) >= 11 is 0. The van der Waals surface area contributed by atoms with Crippen molar-refractivity contribution in [1.29, 1.82) is 0 Å². The molecule has 0 saturated carbocycles. The van der Waals surface area contributed by atoms with E-state index in [0.717, 1.165) is 17.7 Å². The van der Waals surface area contributed by atoms with Crippen LogP contribution in [0.4, 0.5) is 5.69 Å². The van der Waals surface area contributed by atoms with Crippen molar-refractivity contribution in [2.75, 3.05) is 18.4 Å². The molecule has 0 aliphatic rings. The molecule has 2 aromatic rings. The van der Waals surface area contributed by atoms with Crippen LogP contribution < -0.4 is 5.32 Å². The standard InChI is InChI=1S/C19H24N2O3/c1-4-11-21(19(23)17-10-13-24-15(17)3)12-9-18(22)20-16-7-5-14(2)6-8-16/h5-8,10,13H,4,9,11-12H2,1-3H3,(H,20,22). The van der Waals surface area contributed by atoms with Crippen molar-refractivity contribution < 1.29 is 14.0 Å². The van der Waals surface area contributed by atoms with E-state index in [1.165, 1.54) is 6.26 Å². The van der Waals surface area contributed by atoms with Crippen molar-refractivity contribution in [1.82, 2.24) is 4.90 Å². The third-order valence-corrected chi connectivity index (χ3v) is 3.81. The Morgan fingerprint density at radius 3 is 2.38 bits per heavy atom. The fraction of sp³-hybridized carbons (Fsp3) is 0.368. The molecule has 0 saturated heterocycles. The lowest BCUT2D eigenvalue weighted by atomic mass is 10.2. The minimum Gasteiger partial charge on any atom is -0.469 e. The highest BCUT2D eigenvalue weighted by Crippen LogP contribution is 2.13. The Labute approximate surface area is 142 Å². The Morgan fingerprint density at radius 2 is 1.79 bits per heavy atom. The second kappa shape index (κ2) is 8.34. The van der Waals surface area contributed by atoms with E-state index in [0.29, 0.717) is 24.4 Å². The number of nitrogens with one attached hydrogen (secondary N) is 1. The maximum Gasteiger partial charge on any atom is 0.257 e. The Balaban J connectivity index is 1.93. The fourth-order valence-electron chi connectivity index (χ4n) is 2.46. The van der Waals surface area contributed by atoms with Crippen molar-refractivity contribution in [3.8, 4) is 0 Å². The molecule has 0 atom stereocenters. The van der Waals surface area contributed by atoms with E-state index in [9.17, 15) is 9.59 Å². The van der Waals surface area contributed by atoms with E-state index in [4.69, 9.17) is 4.42 Å². The quantitative estimate of drug-likeness (QED) is 0.841. The lowest BCUT2D eigenvalue weighted by Gasteiger charge is -2.21. The van der Waals surface area contributed by atoms with Gasteiger partial charge in [-0.3, -0.25) is 9.59 Å². The second-order valence-corrected chi connectivity index (χ2v) is 5.85. The maximum atomic E-state index is 12.6. The Kier molecular flexibility index (Phi) is 6.18. The molecule has 0 radical (unpaired) electrons. The molecule has 0 fully saturated rings. The molecule has 5 heteroatoms. The van der Waals surface area contributed by atoms with Gasteiger partial charge in [-0.2, -0.15) is 0 Å². The van der Waals surface area contributed by atoms with Gasteiger partial charge in [-0.1, -0.05) is 24.6 Å². The highest BCUT2D eigenvalue weighted by molar-refractivity contribution is 5.96. The number of rotatable bonds is 7. The number of benzene rings is 1. The Hall–Kier alpha value is -2.56. The van der Waals surface area contributed by atoms with Crippen LogP contribution in [0.2, 0.25) is 0 Å². The third kappa shape index (κ3) is 4.72. The van der Waals surface area contributed by atoms with Gasteiger partial charge in [0.2, 0.25) is 5.91 Å². The highest BCUT2D eigenvalue weighted by atomic mass is 16.3. The molecule has 0 bridgehead atoms. The van der Waals surface area contributed by atoms with E-state index in [1.807, 2.05) is 38.1 Å². The summed E-state index contributed by atoms with van der Waals surface area (Å²) in [5.41, 5.74) is 2.47. The summed E-state index contributed by atoms with van der Waals surface area (Å²) in [6.45, 7) is 6.77. The normalized spacial score (nSPS) is 10.5. The van der Waals surface area contributed by atoms with Crippen LogP contribution in [0.1, 0.15) is 41.4 Å². The zero-order valence-corrected chi connectivity index (χ0v) is 14.5. The monoisotopic (exact) mass is 328 g/mol. The highest BCUT2D eigenvalue weighted by Gasteiger charge is 2.19. The summed E-state index contributed by atoms with van der Waals surface area (Å²) in [7, 11) is 0. The summed E-state index contributed by atoms with van der Waals surface area (Å²) in [6, 6.07) is 9.31. The molecule has 24 heavy (non-hydrogen) atoms. The molecule has 0 unspecified atom stereocenters. The summed E-state index contributed by atoms with van der Waals surface area (Å²) in [5, 5.41) is 2.86. The van der Waals surface area contributed by atoms with Crippen LogP contribution in [0, 0.1) is 13.8 Å². The molecular formula is C19H24N2O3. The van der Waals surface area contributed by atoms with Crippen LogP contribution in [0.15, 0.2) is 41.0 Å². The van der Waals surface area contributed by atoms with Crippen molar-refractivity contribution in [3.63, 3.8) is 0 Å². The van der Waals surface area contributed by atoms with Gasteiger partial charge in [-0.05, 0) is 38.5 Å². The molecule has 0 aliphatic carbocycles. The molecule has 2 amide bonds. The fourth-order valence-corrected chi connectivity index (χ4v) is 2.46. The molecule has 1 heterocycles. The molecule has 1 N–H and O–H groups in total. The van der Waals surface area contributed by atoms with Gasteiger partial charge in [-0.15, -0.1) is 0 Å². The zero-order valence-electron chi connectivity index (χ0n) is 14.5. The smallest absolute Gasteiger partial charge is 0.257 e. The molecule has 0 spiro atoms. The lowest BCUT2D eigenvalue weighted by molar-refractivity contribution is -0.116. The molecule has 1 aromatic carbocycles. The largest absolute Gasteiger partial charge is 0.469 e. The van der Waals surface area contributed by atoms with Gasteiger partial charge < -0.3 is 14.6 Å². The van der Waals surface area contributed by atoms with Gasteiger partial charge in [0, 0.05) is 25.2 Å². The number of carbonyl (C=O) groups is 2. The summed E-state index contributed by atoms with van der Waals surface area (Å²) < 4.78 is 5.20. The Morgan fingerprint density at radius 1 is 1.08 bits per heavy atom. The van der Waals surface area contributed by atoms with Gasteiger partial charge in [0.05, 0.1) is 11.8 Å². The van der Waals surface area contributed by atoms with E-state index < -0.39 is 0 Å². The molecule has 0 aliphatic heterocycles. The number of anilines is 1. The average molecular weight is 328 g/mol. The predicted octanol–water partition coefficient (Wildman–Crippen LogP) is 3.78. The van der Waals surface area contributed by atoms with E-state index in [-0.39, 0.29) is 18.2 Å². The van der Waals surface area contributed by atoms with Crippen LogP contribution in [0.3, 0.4) is 0 Å². The van der Waals surface area contributed by atoms with Crippen LogP contribution in [0.25, 0.3) is 0 Å². The first-order valence-electron chi connectivity index (χ1n) is 8.21. The van der Waals surface area contributed by atoms with Gasteiger partial charge >= 0.3 is 0 Å². The lowest BCUT2D eigenvalue weighted by Crippen LogP contribution is -2.34. The van der Waals surface area contributed by atoms with Gasteiger partial charge in [0.1, 0.15) is 5.76 Å². The minimum absolute atomic E-state index is 0.0914. The zero-order chi connectivity index (χ0) is 17.5. The maximum absolute atomic E-state index is 12.6. The number of nitrogens with zero attached hydrogens (tertiary/aromatic N) is 1. The van der Waals surface area contributed by atoms with E-state index in [1.54, 1.807) is 17.9 Å². The summed E-state index contributed by atoms with van der Waals surface area (Å²) in [6.07, 6.45) is 2.61.